The molecule has 0 heterocycles. The van der Waals surface area contributed by atoms with Gasteiger partial charge in [-0.3, -0.25) is 0 Å². The van der Waals surface area contributed by atoms with Gasteiger partial charge in [0.05, 0.1) is 13.2 Å². The van der Waals surface area contributed by atoms with Gasteiger partial charge in [0, 0.05) is 0 Å². The van der Waals surface area contributed by atoms with E-state index in [0.717, 1.165) is 37.9 Å². The molecule has 0 fully saturated rings. The Hall–Kier alpha value is -2.12. The molecule has 2 aromatic carbocycles. The lowest BCUT2D eigenvalue weighted by Crippen LogP contribution is -2.08. The Morgan fingerprint density at radius 2 is 1.05 bits per heavy atom. The van der Waals surface area contributed by atoms with Gasteiger partial charge in [-0.05, 0) is 110 Å². The van der Waals surface area contributed by atoms with E-state index in [2.05, 4.69) is 88.4 Å². The monoisotopic (exact) mass is 554 g/mol. The van der Waals surface area contributed by atoms with Crippen molar-refractivity contribution in [2.75, 3.05) is 13.2 Å². The molecule has 4 atom stereocenters. The van der Waals surface area contributed by atoms with E-state index < -0.39 is 0 Å². The molecule has 4 unspecified atom stereocenters. The molecule has 0 N–H and O–H groups in total. The summed E-state index contributed by atoms with van der Waals surface area (Å²) in [5.74, 6) is 2.96. The van der Waals surface area contributed by atoms with Gasteiger partial charge in [0.15, 0.2) is 0 Å². The fourth-order valence-electron chi connectivity index (χ4n) is 7.19. The minimum absolute atomic E-state index is 0.691. The van der Waals surface area contributed by atoms with Gasteiger partial charge in [-0.1, -0.05) is 125 Å². The Morgan fingerprint density at radius 3 is 1.39 bits per heavy atom. The van der Waals surface area contributed by atoms with Crippen molar-refractivity contribution in [2.24, 2.45) is 11.8 Å². The normalized spacial score (nSPS) is 20.8. The van der Waals surface area contributed by atoms with E-state index in [1.807, 2.05) is 0 Å². The molecule has 41 heavy (non-hydrogen) atoms. The predicted octanol–water partition coefficient (Wildman–Crippen LogP) is 11.5. The Bertz CT molecular complexity index is 985. The first-order valence-corrected chi connectivity index (χ1v) is 17.1. The molecule has 0 amide bonds. The summed E-state index contributed by atoms with van der Waals surface area (Å²) >= 11 is 0. The van der Waals surface area contributed by atoms with E-state index in [0.29, 0.717) is 11.8 Å². The van der Waals surface area contributed by atoms with Gasteiger partial charge in [-0.25, -0.2) is 0 Å². The molecule has 0 aromatic heterocycles. The van der Waals surface area contributed by atoms with Crippen molar-refractivity contribution in [3.05, 3.63) is 94.1 Å². The first-order valence-electron chi connectivity index (χ1n) is 17.1. The lowest BCUT2D eigenvalue weighted by molar-refractivity contribution is 0.138. The van der Waals surface area contributed by atoms with Gasteiger partial charge in [0.1, 0.15) is 0 Å². The van der Waals surface area contributed by atoms with Crippen molar-refractivity contribution < 1.29 is 4.74 Å². The summed E-state index contributed by atoms with van der Waals surface area (Å²) in [6, 6.07) is 19.1. The van der Waals surface area contributed by atoms with Crippen LogP contribution in [0.5, 0.6) is 0 Å². The number of ether oxygens (including phenoxy) is 1. The van der Waals surface area contributed by atoms with Crippen molar-refractivity contribution in [2.45, 2.75) is 129 Å². The summed E-state index contributed by atoms with van der Waals surface area (Å²) in [5.41, 5.74) is 9.27. The summed E-state index contributed by atoms with van der Waals surface area (Å²) in [6.07, 6.45) is 22.3. The molecule has 224 valence electrons. The average molecular weight is 555 g/mol. The molecule has 0 radical (unpaired) electrons. The fourth-order valence-corrected chi connectivity index (χ4v) is 7.19. The highest BCUT2D eigenvalue weighted by Gasteiger charge is 2.18. The third-order valence-electron chi connectivity index (χ3n) is 9.78. The maximum atomic E-state index is 6.10. The Morgan fingerprint density at radius 1 is 0.634 bits per heavy atom. The molecule has 2 aliphatic carbocycles. The summed E-state index contributed by atoms with van der Waals surface area (Å²) in [7, 11) is 0. The van der Waals surface area contributed by atoms with Crippen LogP contribution in [0.1, 0.15) is 139 Å². The lowest BCUT2D eigenvalue weighted by atomic mass is 9.83. The summed E-state index contributed by atoms with van der Waals surface area (Å²) < 4.78 is 6.10. The SMILES string of the molecule is CCCC(C)Cc1ccc(C2CC=C(CCOCCC3=CCC(c4ccc(CC(C)CCC)cc4)CC3)CC2)cc1. The standard InChI is InChI=1S/C40H58O/c1-5-7-31(3)29-35-13-21-39(22-14-35)37-17-9-33(10-18-37)25-27-41-28-26-34-11-19-38(20-12-34)40-23-15-36(16-24-40)30-32(4)8-6-2/h9,11,13-16,21-24,31-32,37-38H,5-8,10,12,17-20,25-30H2,1-4H3. The second-order valence-electron chi connectivity index (χ2n) is 13.5. The zero-order valence-corrected chi connectivity index (χ0v) is 26.8. The van der Waals surface area contributed by atoms with E-state index in [1.165, 1.54) is 99.3 Å². The van der Waals surface area contributed by atoms with Crippen LogP contribution in [-0.2, 0) is 17.6 Å². The van der Waals surface area contributed by atoms with Crippen LogP contribution < -0.4 is 0 Å². The highest BCUT2D eigenvalue weighted by atomic mass is 16.5. The summed E-state index contributed by atoms with van der Waals surface area (Å²) in [4.78, 5) is 0. The van der Waals surface area contributed by atoms with Crippen LogP contribution in [0.3, 0.4) is 0 Å². The van der Waals surface area contributed by atoms with Gasteiger partial charge in [0.25, 0.3) is 0 Å². The highest BCUT2D eigenvalue weighted by molar-refractivity contribution is 5.29. The maximum Gasteiger partial charge on any atom is 0.0503 e. The van der Waals surface area contributed by atoms with Crippen LogP contribution in [0, 0.1) is 11.8 Å². The maximum absolute atomic E-state index is 6.10. The quantitative estimate of drug-likeness (QED) is 0.148. The molecule has 0 spiro atoms. The van der Waals surface area contributed by atoms with Gasteiger partial charge in [-0.15, -0.1) is 0 Å². The molecular weight excluding hydrogens is 496 g/mol. The molecular formula is C40H58O. The van der Waals surface area contributed by atoms with Crippen molar-refractivity contribution in [1.29, 1.82) is 0 Å². The molecule has 0 saturated heterocycles. The van der Waals surface area contributed by atoms with E-state index in [4.69, 9.17) is 4.74 Å². The minimum Gasteiger partial charge on any atom is -0.381 e. The number of benzene rings is 2. The topological polar surface area (TPSA) is 9.23 Å². The largest absolute Gasteiger partial charge is 0.381 e. The summed E-state index contributed by atoms with van der Waals surface area (Å²) in [5, 5.41) is 0. The van der Waals surface area contributed by atoms with E-state index in [9.17, 15) is 0 Å². The fraction of sp³-hybridized carbons (Fsp3) is 0.600. The van der Waals surface area contributed by atoms with Gasteiger partial charge >= 0.3 is 0 Å². The lowest BCUT2D eigenvalue weighted by Gasteiger charge is -2.23. The van der Waals surface area contributed by atoms with Crippen LogP contribution in [0.25, 0.3) is 0 Å². The molecule has 2 aromatic rings. The van der Waals surface area contributed by atoms with Crippen molar-refractivity contribution in [1.82, 2.24) is 0 Å². The van der Waals surface area contributed by atoms with Gasteiger partial charge < -0.3 is 4.74 Å². The molecule has 2 aliphatic rings. The molecule has 0 aliphatic heterocycles. The smallest absolute Gasteiger partial charge is 0.0503 e. The Balaban J connectivity index is 1.10. The van der Waals surface area contributed by atoms with Crippen LogP contribution in [0.4, 0.5) is 0 Å². The second-order valence-corrected chi connectivity index (χ2v) is 13.5. The van der Waals surface area contributed by atoms with E-state index >= 15 is 0 Å². The zero-order chi connectivity index (χ0) is 28.9. The third-order valence-corrected chi connectivity index (χ3v) is 9.78. The molecule has 1 nitrogen and oxygen atoms in total. The number of rotatable bonds is 16. The van der Waals surface area contributed by atoms with Crippen LogP contribution in [0.15, 0.2) is 71.8 Å². The number of hydrogen-bond acceptors (Lipinski definition) is 1. The van der Waals surface area contributed by atoms with Gasteiger partial charge in [0.2, 0.25) is 0 Å². The Kier molecular flexibility index (Phi) is 13.3. The molecule has 0 bridgehead atoms. The van der Waals surface area contributed by atoms with Crippen LogP contribution in [-0.4, -0.2) is 13.2 Å². The van der Waals surface area contributed by atoms with Crippen molar-refractivity contribution in [3.8, 4) is 0 Å². The van der Waals surface area contributed by atoms with Gasteiger partial charge in [-0.2, -0.15) is 0 Å². The molecule has 0 saturated carbocycles. The van der Waals surface area contributed by atoms with E-state index in [1.54, 1.807) is 11.1 Å². The zero-order valence-electron chi connectivity index (χ0n) is 26.8. The number of hydrogen-bond donors (Lipinski definition) is 0. The van der Waals surface area contributed by atoms with Crippen LogP contribution in [0.2, 0.25) is 0 Å². The van der Waals surface area contributed by atoms with Crippen LogP contribution >= 0.6 is 0 Å². The van der Waals surface area contributed by atoms with Crippen molar-refractivity contribution in [3.63, 3.8) is 0 Å². The van der Waals surface area contributed by atoms with Crippen molar-refractivity contribution >= 4 is 0 Å². The average Bonchev–Trinajstić information content (AvgIpc) is 2.99. The first kappa shape index (κ1) is 31.8. The van der Waals surface area contributed by atoms with E-state index in [-0.39, 0.29) is 0 Å². The first-order chi connectivity index (χ1) is 20.0. The number of allylic oxidation sites excluding steroid dienone is 2. The summed E-state index contributed by atoms with van der Waals surface area (Å²) in [6.45, 7) is 11.1. The molecule has 4 rings (SSSR count). The third kappa shape index (κ3) is 10.6. The Labute approximate surface area is 252 Å². The predicted molar refractivity (Wildman–Crippen MR) is 178 cm³/mol. The highest BCUT2D eigenvalue weighted by Crippen LogP contribution is 2.35. The second kappa shape index (κ2) is 17.1. The molecule has 1 heteroatoms. The minimum atomic E-state index is 0.691.